The summed E-state index contributed by atoms with van der Waals surface area (Å²) in [5.41, 5.74) is 6.67. The number of esters is 1. The third-order valence-electron chi connectivity index (χ3n) is 2.91. The lowest BCUT2D eigenvalue weighted by Gasteiger charge is -2.27. The maximum atomic E-state index is 11.6. The summed E-state index contributed by atoms with van der Waals surface area (Å²) in [6.45, 7) is 2.11. The SMILES string of the molecule is CCOC(=O)c1cccc(OC2CCC2)c1N. The molecule has 0 aromatic heterocycles. The van der Waals surface area contributed by atoms with Crippen LogP contribution in [-0.4, -0.2) is 18.7 Å². The van der Waals surface area contributed by atoms with Gasteiger partial charge in [0.2, 0.25) is 0 Å². The molecule has 1 aromatic rings. The monoisotopic (exact) mass is 235 g/mol. The van der Waals surface area contributed by atoms with E-state index in [1.165, 1.54) is 6.42 Å². The fraction of sp³-hybridized carbons (Fsp3) is 0.462. The Labute approximate surface area is 101 Å². The molecule has 0 heterocycles. The predicted molar refractivity (Wildman–Crippen MR) is 65.1 cm³/mol. The zero-order chi connectivity index (χ0) is 12.3. The number of carbonyl (C=O) groups excluding carboxylic acids is 1. The van der Waals surface area contributed by atoms with Crippen LogP contribution in [0, 0.1) is 0 Å². The summed E-state index contributed by atoms with van der Waals surface area (Å²) < 4.78 is 10.7. The summed E-state index contributed by atoms with van der Waals surface area (Å²) in [5, 5.41) is 0. The maximum absolute atomic E-state index is 11.6. The Morgan fingerprint density at radius 2 is 2.24 bits per heavy atom. The predicted octanol–water partition coefficient (Wildman–Crippen LogP) is 2.38. The third kappa shape index (κ3) is 2.52. The zero-order valence-corrected chi connectivity index (χ0v) is 9.94. The standard InChI is InChI=1S/C13H17NO3/c1-2-16-13(15)10-7-4-8-11(12(10)14)17-9-5-3-6-9/h4,7-9H,2-3,5-6,14H2,1H3. The Morgan fingerprint density at radius 1 is 1.47 bits per heavy atom. The van der Waals surface area contributed by atoms with Gasteiger partial charge in [-0.25, -0.2) is 4.79 Å². The van der Waals surface area contributed by atoms with Gasteiger partial charge >= 0.3 is 5.97 Å². The molecule has 0 spiro atoms. The average molecular weight is 235 g/mol. The van der Waals surface area contributed by atoms with Crippen LogP contribution in [0.1, 0.15) is 36.5 Å². The molecule has 0 radical (unpaired) electrons. The Morgan fingerprint density at radius 3 is 2.82 bits per heavy atom. The molecule has 0 aliphatic heterocycles. The molecule has 0 unspecified atom stereocenters. The van der Waals surface area contributed by atoms with Crippen molar-refractivity contribution in [1.82, 2.24) is 0 Å². The van der Waals surface area contributed by atoms with E-state index in [2.05, 4.69) is 0 Å². The van der Waals surface area contributed by atoms with Gasteiger partial charge in [-0.05, 0) is 38.3 Å². The number of rotatable bonds is 4. The van der Waals surface area contributed by atoms with Gasteiger partial charge < -0.3 is 15.2 Å². The van der Waals surface area contributed by atoms with Crippen LogP contribution >= 0.6 is 0 Å². The minimum Gasteiger partial charge on any atom is -0.488 e. The lowest BCUT2D eigenvalue weighted by molar-refractivity contribution is 0.0526. The van der Waals surface area contributed by atoms with Gasteiger partial charge in [0.15, 0.2) is 0 Å². The first-order valence-corrected chi connectivity index (χ1v) is 5.94. The summed E-state index contributed by atoms with van der Waals surface area (Å²) in [7, 11) is 0. The fourth-order valence-electron chi connectivity index (χ4n) is 1.70. The zero-order valence-electron chi connectivity index (χ0n) is 9.94. The van der Waals surface area contributed by atoms with Gasteiger partial charge in [-0.1, -0.05) is 6.07 Å². The second kappa shape index (κ2) is 5.08. The Balaban J connectivity index is 2.16. The van der Waals surface area contributed by atoms with E-state index in [0.29, 0.717) is 23.6 Å². The first-order valence-electron chi connectivity index (χ1n) is 5.94. The topological polar surface area (TPSA) is 61.5 Å². The van der Waals surface area contributed by atoms with Crippen LogP contribution < -0.4 is 10.5 Å². The van der Waals surface area contributed by atoms with Crippen molar-refractivity contribution >= 4 is 11.7 Å². The van der Waals surface area contributed by atoms with Crippen LogP contribution in [0.4, 0.5) is 5.69 Å². The Bertz CT molecular complexity index is 413. The lowest BCUT2D eigenvalue weighted by Crippen LogP contribution is -2.25. The van der Waals surface area contributed by atoms with Crippen molar-refractivity contribution in [3.8, 4) is 5.75 Å². The second-order valence-corrected chi connectivity index (χ2v) is 4.11. The van der Waals surface area contributed by atoms with Crippen molar-refractivity contribution in [2.75, 3.05) is 12.3 Å². The second-order valence-electron chi connectivity index (χ2n) is 4.11. The van der Waals surface area contributed by atoms with E-state index in [1.54, 1.807) is 25.1 Å². The van der Waals surface area contributed by atoms with E-state index < -0.39 is 5.97 Å². The number of anilines is 1. The highest BCUT2D eigenvalue weighted by Gasteiger charge is 2.21. The van der Waals surface area contributed by atoms with E-state index in [0.717, 1.165) is 12.8 Å². The number of benzene rings is 1. The molecule has 1 aliphatic rings. The number of hydrogen-bond donors (Lipinski definition) is 1. The van der Waals surface area contributed by atoms with Crippen molar-refractivity contribution < 1.29 is 14.3 Å². The van der Waals surface area contributed by atoms with Gasteiger partial charge in [-0.3, -0.25) is 0 Å². The molecule has 1 aliphatic carbocycles. The third-order valence-corrected chi connectivity index (χ3v) is 2.91. The molecule has 0 amide bonds. The van der Waals surface area contributed by atoms with Crippen LogP contribution in [0.15, 0.2) is 18.2 Å². The number of hydrogen-bond acceptors (Lipinski definition) is 4. The van der Waals surface area contributed by atoms with Crippen molar-refractivity contribution in [2.45, 2.75) is 32.3 Å². The first kappa shape index (κ1) is 11.8. The molecular formula is C13H17NO3. The molecule has 0 atom stereocenters. The van der Waals surface area contributed by atoms with Crippen LogP contribution in [0.2, 0.25) is 0 Å². The molecule has 0 bridgehead atoms. The highest BCUT2D eigenvalue weighted by Crippen LogP contribution is 2.31. The molecule has 17 heavy (non-hydrogen) atoms. The van der Waals surface area contributed by atoms with Crippen LogP contribution in [0.3, 0.4) is 0 Å². The van der Waals surface area contributed by atoms with E-state index >= 15 is 0 Å². The molecule has 2 N–H and O–H groups in total. The molecular weight excluding hydrogens is 218 g/mol. The Kier molecular flexibility index (Phi) is 3.52. The average Bonchev–Trinajstić information content (AvgIpc) is 2.25. The van der Waals surface area contributed by atoms with E-state index in [-0.39, 0.29) is 6.10 Å². The molecule has 4 nitrogen and oxygen atoms in total. The van der Waals surface area contributed by atoms with Gasteiger partial charge in [0.25, 0.3) is 0 Å². The van der Waals surface area contributed by atoms with Crippen LogP contribution in [0.5, 0.6) is 5.75 Å². The molecule has 1 saturated carbocycles. The number of carbonyl (C=O) groups is 1. The summed E-state index contributed by atoms with van der Waals surface area (Å²) in [5.74, 6) is 0.185. The molecule has 4 heteroatoms. The van der Waals surface area contributed by atoms with Crippen molar-refractivity contribution in [3.05, 3.63) is 23.8 Å². The van der Waals surface area contributed by atoms with Gasteiger partial charge in [0, 0.05) is 0 Å². The van der Waals surface area contributed by atoms with Gasteiger partial charge in [-0.2, -0.15) is 0 Å². The smallest absolute Gasteiger partial charge is 0.340 e. The van der Waals surface area contributed by atoms with Crippen molar-refractivity contribution in [3.63, 3.8) is 0 Å². The summed E-state index contributed by atoms with van der Waals surface area (Å²) >= 11 is 0. The van der Waals surface area contributed by atoms with Crippen LogP contribution in [-0.2, 0) is 4.74 Å². The quantitative estimate of drug-likeness (QED) is 0.643. The number of nitrogen functional groups attached to an aromatic ring is 1. The normalized spacial score (nSPS) is 15.1. The molecule has 0 saturated heterocycles. The van der Waals surface area contributed by atoms with Gasteiger partial charge in [0.1, 0.15) is 5.75 Å². The Hall–Kier alpha value is -1.71. The fourth-order valence-corrected chi connectivity index (χ4v) is 1.70. The van der Waals surface area contributed by atoms with Crippen LogP contribution in [0.25, 0.3) is 0 Å². The van der Waals surface area contributed by atoms with Crippen molar-refractivity contribution in [1.29, 1.82) is 0 Å². The minimum absolute atomic E-state index is 0.245. The van der Waals surface area contributed by atoms with Gasteiger partial charge in [0.05, 0.1) is 24.0 Å². The highest BCUT2D eigenvalue weighted by molar-refractivity contribution is 5.96. The number of ether oxygens (including phenoxy) is 2. The van der Waals surface area contributed by atoms with E-state index in [1.807, 2.05) is 0 Å². The molecule has 1 aromatic carbocycles. The molecule has 1 fully saturated rings. The van der Waals surface area contributed by atoms with E-state index in [4.69, 9.17) is 15.2 Å². The molecule has 92 valence electrons. The lowest BCUT2D eigenvalue weighted by atomic mass is 9.96. The summed E-state index contributed by atoms with van der Waals surface area (Å²) in [4.78, 5) is 11.6. The summed E-state index contributed by atoms with van der Waals surface area (Å²) in [6, 6.07) is 5.20. The highest BCUT2D eigenvalue weighted by atomic mass is 16.5. The van der Waals surface area contributed by atoms with E-state index in [9.17, 15) is 4.79 Å². The first-order chi connectivity index (χ1) is 8.22. The largest absolute Gasteiger partial charge is 0.488 e. The number of nitrogens with two attached hydrogens (primary N) is 1. The van der Waals surface area contributed by atoms with Crippen molar-refractivity contribution in [2.24, 2.45) is 0 Å². The molecule has 2 rings (SSSR count). The maximum Gasteiger partial charge on any atom is 0.340 e. The minimum atomic E-state index is -0.399. The number of para-hydroxylation sites is 1. The summed E-state index contributed by atoms with van der Waals surface area (Å²) in [6.07, 6.45) is 3.56. The van der Waals surface area contributed by atoms with Gasteiger partial charge in [-0.15, -0.1) is 0 Å².